The Hall–Kier alpha value is -1.99. The number of hydrogen-bond donors (Lipinski definition) is 0. The minimum Gasteiger partial charge on any atom is -0.372 e. The molecule has 2 fully saturated rings. The molecule has 138 valence electrons. The molecule has 2 unspecified atom stereocenters. The zero-order valence-electron chi connectivity index (χ0n) is 15.6. The van der Waals surface area contributed by atoms with Crippen LogP contribution in [0.2, 0.25) is 0 Å². The zero-order valence-corrected chi connectivity index (χ0v) is 15.6. The van der Waals surface area contributed by atoms with E-state index < -0.39 is 0 Å². The van der Waals surface area contributed by atoms with E-state index in [0.717, 1.165) is 62.0 Å². The molecule has 0 saturated carbocycles. The lowest BCUT2D eigenvalue weighted by Gasteiger charge is -2.24. The van der Waals surface area contributed by atoms with Crippen molar-refractivity contribution < 1.29 is 4.74 Å². The first kappa shape index (κ1) is 16.2. The Kier molecular flexibility index (Phi) is 3.94. The minimum absolute atomic E-state index is 0.651. The summed E-state index contributed by atoms with van der Waals surface area (Å²) in [4.78, 5) is 18.5. The zero-order chi connectivity index (χ0) is 17.7. The van der Waals surface area contributed by atoms with E-state index in [-0.39, 0.29) is 0 Å². The molecule has 0 amide bonds. The quantitative estimate of drug-likeness (QED) is 0.830. The summed E-state index contributed by atoms with van der Waals surface area (Å²) in [7, 11) is 0. The molecule has 7 nitrogen and oxygen atoms in total. The number of anilines is 1. The summed E-state index contributed by atoms with van der Waals surface area (Å²) in [5.41, 5.74) is 3.64. The second-order valence-corrected chi connectivity index (χ2v) is 7.90. The van der Waals surface area contributed by atoms with E-state index in [1.807, 2.05) is 6.20 Å². The number of aromatic nitrogens is 4. The fourth-order valence-corrected chi connectivity index (χ4v) is 4.75. The summed E-state index contributed by atoms with van der Waals surface area (Å²) in [6.07, 6.45) is 3.74. The second-order valence-electron chi connectivity index (χ2n) is 7.90. The molecule has 0 radical (unpaired) electrons. The number of likely N-dealkylation sites (tertiary alicyclic amines) is 1. The van der Waals surface area contributed by atoms with Crippen molar-refractivity contribution in [3.8, 4) is 0 Å². The number of ether oxygens (including phenoxy) is 1. The average Bonchev–Trinajstić information content (AvgIpc) is 3.31. The SMILES string of the molecule is Cc1ncnc(N2CC3CN(Cc4cnc5n4CCOC5)CC3C2)c1C. The third kappa shape index (κ3) is 2.70. The molecule has 3 aliphatic rings. The van der Waals surface area contributed by atoms with Gasteiger partial charge in [-0.15, -0.1) is 0 Å². The molecular weight excluding hydrogens is 328 g/mol. The Balaban J connectivity index is 1.25. The standard InChI is InChI=1S/C19H26N6O/c1-13-14(2)21-12-22-19(13)24-8-15-6-23(7-16(15)9-24)10-17-5-20-18-11-26-4-3-25(17)18/h5,12,15-16H,3-4,6-11H2,1-2H3. The summed E-state index contributed by atoms with van der Waals surface area (Å²) in [5.74, 6) is 3.67. The molecule has 0 spiro atoms. The van der Waals surface area contributed by atoms with Crippen LogP contribution in [-0.4, -0.2) is 57.2 Å². The summed E-state index contributed by atoms with van der Waals surface area (Å²) in [6, 6.07) is 0. The molecule has 3 aliphatic heterocycles. The first-order valence-electron chi connectivity index (χ1n) is 9.55. The largest absolute Gasteiger partial charge is 0.372 e. The van der Waals surface area contributed by atoms with Gasteiger partial charge in [0.25, 0.3) is 0 Å². The Morgan fingerprint density at radius 2 is 1.88 bits per heavy atom. The highest BCUT2D eigenvalue weighted by molar-refractivity contribution is 5.48. The summed E-state index contributed by atoms with van der Waals surface area (Å²) in [5, 5.41) is 0. The van der Waals surface area contributed by atoms with Gasteiger partial charge in [0.05, 0.1) is 12.3 Å². The van der Waals surface area contributed by atoms with Crippen LogP contribution in [0.25, 0.3) is 0 Å². The normalized spacial score (nSPS) is 25.5. The van der Waals surface area contributed by atoms with Crippen molar-refractivity contribution in [3.05, 3.63) is 35.3 Å². The van der Waals surface area contributed by atoms with Gasteiger partial charge in [-0.25, -0.2) is 15.0 Å². The molecular formula is C19H26N6O. The molecule has 7 heteroatoms. The first-order valence-corrected chi connectivity index (χ1v) is 9.55. The highest BCUT2D eigenvalue weighted by atomic mass is 16.5. The molecule has 5 heterocycles. The molecule has 2 aromatic heterocycles. The van der Waals surface area contributed by atoms with Gasteiger partial charge in [0, 0.05) is 56.7 Å². The number of aryl methyl sites for hydroxylation is 1. The van der Waals surface area contributed by atoms with Gasteiger partial charge in [-0.05, 0) is 25.7 Å². The van der Waals surface area contributed by atoms with Gasteiger partial charge in [0.15, 0.2) is 0 Å². The Labute approximate surface area is 154 Å². The van der Waals surface area contributed by atoms with Crippen LogP contribution in [0.1, 0.15) is 22.8 Å². The third-order valence-corrected chi connectivity index (χ3v) is 6.27. The Bertz CT molecular complexity index is 804. The molecule has 26 heavy (non-hydrogen) atoms. The predicted molar refractivity (Wildman–Crippen MR) is 97.9 cm³/mol. The smallest absolute Gasteiger partial charge is 0.135 e. The maximum absolute atomic E-state index is 5.50. The van der Waals surface area contributed by atoms with Crippen LogP contribution >= 0.6 is 0 Å². The van der Waals surface area contributed by atoms with Gasteiger partial charge in [-0.3, -0.25) is 4.90 Å². The molecule has 5 rings (SSSR count). The monoisotopic (exact) mass is 354 g/mol. The van der Waals surface area contributed by atoms with Gasteiger partial charge in [-0.2, -0.15) is 0 Å². The van der Waals surface area contributed by atoms with Gasteiger partial charge in [0.1, 0.15) is 24.6 Å². The van der Waals surface area contributed by atoms with E-state index in [0.29, 0.717) is 6.61 Å². The van der Waals surface area contributed by atoms with Crippen LogP contribution < -0.4 is 4.90 Å². The number of fused-ring (bicyclic) bond motifs is 2. The van der Waals surface area contributed by atoms with Gasteiger partial charge < -0.3 is 14.2 Å². The lowest BCUT2D eigenvalue weighted by Crippen LogP contribution is -2.30. The topological polar surface area (TPSA) is 59.3 Å². The van der Waals surface area contributed by atoms with Crippen molar-refractivity contribution in [1.29, 1.82) is 0 Å². The van der Waals surface area contributed by atoms with Crippen LogP contribution in [0.4, 0.5) is 5.82 Å². The highest BCUT2D eigenvalue weighted by Gasteiger charge is 2.41. The van der Waals surface area contributed by atoms with Crippen molar-refractivity contribution in [2.45, 2.75) is 33.5 Å². The van der Waals surface area contributed by atoms with Crippen molar-refractivity contribution in [2.24, 2.45) is 11.8 Å². The van der Waals surface area contributed by atoms with Gasteiger partial charge in [0.2, 0.25) is 0 Å². The average molecular weight is 354 g/mol. The van der Waals surface area contributed by atoms with Crippen LogP contribution in [0, 0.1) is 25.7 Å². The number of hydrogen-bond acceptors (Lipinski definition) is 6. The van der Waals surface area contributed by atoms with E-state index >= 15 is 0 Å². The number of imidazole rings is 1. The fourth-order valence-electron chi connectivity index (χ4n) is 4.75. The number of nitrogens with zero attached hydrogens (tertiary/aromatic N) is 6. The molecule has 0 aliphatic carbocycles. The molecule has 2 aromatic rings. The van der Waals surface area contributed by atoms with Gasteiger partial charge >= 0.3 is 0 Å². The van der Waals surface area contributed by atoms with Crippen LogP contribution in [0.5, 0.6) is 0 Å². The number of rotatable bonds is 3. The van der Waals surface area contributed by atoms with Crippen LogP contribution in [0.15, 0.2) is 12.5 Å². The maximum Gasteiger partial charge on any atom is 0.135 e. The Morgan fingerprint density at radius 3 is 2.69 bits per heavy atom. The molecule has 0 N–H and O–H groups in total. The maximum atomic E-state index is 5.50. The van der Waals surface area contributed by atoms with E-state index in [4.69, 9.17) is 4.74 Å². The fraction of sp³-hybridized carbons (Fsp3) is 0.632. The van der Waals surface area contributed by atoms with Crippen LogP contribution in [-0.2, 0) is 24.4 Å². The minimum atomic E-state index is 0.651. The van der Waals surface area contributed by atoms with Crippen molar-refractivity contribution >= 4 is 5.82 Å². The summed E-state index contributed by atoms with van der Waals surface area (Å²) >= 11 is 0. The highest BCUT2D eigenvalue weighted by Crippen LogP contribution is 2.35. The van der Waals surface area contributed by atoms with Crippen LogP contribution in [0.3, 0.4) is 0 Å². The molecule has 2 atom stereocenters. The van der Waals surface area contributed by atoms with Crippen molar-refractivity contribution in [3.63, 3.8) is 0 Å². The molecule has 0 bridgehead atoms. The lowest BCUT2D eigenvalue weighted by molar-refractivity contribution is 0.0797. The van der Waals surface area contributed by atoms with E-state index in [9.17, 15) is 0 Å². The summed E-state index contributed by atoms with van der Waals surface area (Å²) in [6.45, 7) is 12.1. The predicted octanol–water partition coefficient (Wildman–Crippen LogP) is 1.39. The van der Waals surface area contributed by atoms with Crippen molar-refractivity contribution in [1.82, 2.24) is 24.4 Å². The second kappa shape index (κ2) is 6.32. The summed E-state index contributed by atoms with van der Waals surface area (Å²) < 4.78 is 7.84. The molecule has 2 saturated heterocycles. The molecule has 0 aromatic carbocycles. The lowest BCUT2D eigenvalue weighted by atomic mass is 10.0. The van der Waals surface area contributed by atoms with Gasteiger partial charge in [-0.1, -0.05) is 0 Å². The third-order valence-electron chi connectivity index (χ3n) is 6.27. The van der Waals surface area contributed by atoms with Crippen molar-refractivity contribution in [2.75, 3.05) is 37.7 Å². The van der Waals surface area contributed by atoms with E-state index in [1.54, 1.807) is 6.33 Å². The van der Waals surface area contributed by atoms with E-state index in [2.05, 4.69) is 43.2 Å². The Morgan fingerprint density at radius 1 is 1.08 bits per heavy atom. The first-order chi connectivity index (χ1) is 12.7. The van der Waals surface area contributed by atoms with E-state index in [1.165, 1.54) is 24.3 Å².